The van der Waals surface area contributed by atoms with Crippen molar-refractivity contribution in [1.29, 1.82) is 0 Å². The monoisotopic (exact) mass is 251 g/mol. The summed E-state index contributed by atoms with van der Waals surface area (Å²) >= 11 is 0. The fourth-order valence-electron chi connectivity index (χ4n) is 4.25. The lowest BCUT2D eigenvalue weighted by molar-refractivity contribution is 0.0196. The topological polar surface area (TPSA) is 32.5 Å². The van der Waals surface area contributed by atoms with Crippen LogP contribution in [0.3, 0.4) is 0 Å². The fraction of sp³-hybridized carbons (Fsp3) is 1.00. The van der Waals surface area contributed by atoms with Crippen molar-refractivity contribution >= 4 is 0 Å². The first-order valence-electron chi connectivity index (χ1n) is 8.08. The van der Waals surface area contributed by atoms with Gasteiger partial charge in [-0.15, -0.1) is 0 Å². The molecule has 0 radical (unpaired) electrons. The Morgan fingerprint density at radius 1 is 0.722 bits per heavy atom. The minimum atomic E-state index is 0.433. The SMILES string of the molecule is NC1CCCCCC1N1CCN2CCCCC2C1. The minimum absolute atomic E-state index is 0.433. The number of piperidine rings is 1. The lowest BCUT2D eigenvalue weighted by atomic mass is 9.95. The molecule has 0 bridgehead atoms. The molecule has 0 aromatic carbocycles. The van der Waals surface area contributed by atoms with Crippen molar-refractivity contribution in [2.24, 2.45) is 5.73 Å². The molecule has 18 heavy (non-hydrogen) atoms. The first-order chi connectivity index (χ1) is 8.84. The molecule has 3 heteroatoms. The first-order valence-corrected chi connectivity index (χ1v) is 8.08. The number of hydrogen-bond acceptors (Lipinski definition) is 3. The molecule has 3 atom stereocenters. The van der Waals surface area contributed by atoms with Crippen molar-refractivity contribution in [1.82, 2.24) is 9.80 Å². The number of rotatable bonds is 1. The Morgan fingerprint density at radius 2 is 1.50 bits per heavy atom. The molecule has 3 nitrogen and oxygen atoms in total. The summed E-state index contributed by atoms with van der Waals surface area (Å²) in [6.07, 6.45) is 11.0. The van der Waals surface area contributed by atoms with Crippen LogP contribution < -0.4 is 5.73 Å². The second-order valence-corrected chi connectivity index (χ2v) is 6.55. The molecule has 3 aliphatic rings. The molecular formula is C15H29N3. The van der Waals surface area contributed by atoms with Crippen LogP contribution in [0, 0.1) is 0 Å². The van der Waals surface area contributed by atoms with E-state index in [-0.39, 0.29) is 0 Å². The third-order valence-corrected chi connectivity index (χ3v) is 5.37. The average molecular weight is 251 g/mol. The zero-order chi connectivity index (χ0) is 12.4. The third kappa shape index (κ3) is 2.73. The molecule has 1 aliphatic carbocycles. The highest BCUT2D eigenvalue weighted by atomic mass is 15.3. The van der Waals surface area contributed by atoms with Crippen LogP contribution in [-0.2, 0) is 0 Å². The van der Waals surface area contributed by atoms with Gasteiger partial charge in [0.2, 0.25) is 0 Å². The highest BCUT2D eigenvalue weighted by Gasteiger charge is 2.34. The van der Waals surface area contributed by atoms with Crippen molar-refractivity contribution in [3.05, 3.63) is 0 Å². The summed E-state index contributed by atoms with van der Waals surface area (Å²) in [5.74, 6) is 0. The third-order valence-electron chi connectivity index (χ3n) is 5.37. The second kappa shape index (κ2) is 5.89. The normalized spacial score (nSPS) is 40.2. The number of fused-ring (bicyclic) bond motifs is 1. The van der Waals surface area contributed by atoms with Gasteiger partial charge in [-0.2, -0.15) is 0 Å². The van der Waals surface area contributed by atoms with E-state index in [4.69, 9.17) is 5.73 Å². The number of nitrogens with zero attached hydrogens (tertiary/aromatic N) is 2. The summed E-state index contributed by atoms with van der Waals surface area (Å²) in [5, 5.41) is 0. The molecule has 2 N–H and O–H groups in total. The van der Waals surface area contributed by atoms with Gasteiger partial charge in [-0.05, 0) is 32.2 Å². The van der Waals surface area contributed by atoms with Crippen molar-refractivity contribution < 1.29 is 0 Å². The van der Waals surface area contributed by atoms with E-state index >= 15 is 0 Å². The molecule has 0 amide bonds. The Morgan fingerprint density at radius 3 is 2.44 bits per heavy atom. The largest absolute Gasteiger partial charge is 0.326 e. The van der Waals surface area contributed by atoms with E-state index in [0.717, 1.165) is 6.04 Å². The van der Waals surface area contributed by atoms with Crippen LogP contribution in [0.5, 0.6) is 0 Å². The maximum atomic E-state index is 6.42. The molecule has 3 unspecified atom stereocenters. The van der Waals surface area contributed by atoms with Crippen molar-refractivity contribution in [2.45, 2.75) is 69.5 Å². The van der Waals surface area contributed by atoms with Gasteiger partial charge in [-0.3, -0.25) is 9.80 Å². The predicted molar refractivity (Wildman–Crippen MR) is 75.6 cm³/mol. The maximum Gasteiger partial charge on any atom is 0.0248 e. The van der Waals surface area contributed by atoms with E-state index in [1.165, 1.54) is 77.5 Å². The molecular weight excluding hydrogens is 222 g/mol. The van der Waals surface area contributed by atoms with Crippen LogP contribution in [0.1, 0.15) is 51.4 Å². The van der Waals surface area contributed by atoms with E-state index in [0.29, 0.717) is 12.1 Å². The van der Waals surface area contributed by atoms with Gasteiger partial charge in [0.25, 0.3) is 0 Å². The standard InChI is InChI=1S/C15H29N3/c16-14-7-2-1-3-8-15(14)18-11-10-17-9-5-4-6-13(17)12-18/h13-15H,1-12,16H2. The summed E-state index contributed by atoms with van der Waals surface area (Å²) in [6.45, 7) is 5.18. The second-order valence-electron chi connectivity index (χ2n) is 6.55. The van der Waals surface area contributed by atoms with E-state index in [2.05, 4.69) is 9.80 Å². The van der Waals surface area contributed by atoms with Crippen LogP contribution >= 0.6 is 0 Å². The summed E-state index contributed by atoms with van der Waals surface area (Å²) in [5.41, 5.74) is 6.42. The fourth-order valence-corrected chi connectivity index (χ4v) is 4.25. The van der Waals surface area contributed by atoms with Gasteiger partial charge in [0.15, 0.2) is 0 Å². The lowest BCUT2D eigenvalue weighted by Crippen LogP contribution is -2.60. The van der Waals surface area contributed by atoms with Gasteiger partial charge in [0.1, 0.15) is 0 Å². The highest BCUT2D eigenvalue weighted by Crippen LogP contribution is 2.26. The summed E-state index contributed by atoms with van der Waals surface area (Å²) in [7, 11) is 0. The highest BCUT2D eigenvalue weighted by molar-refractivity contribution is 4.92. The number of piperazine rings is 1. The van der Waals surface area contributed by atoms with Gasteiger partial charge < -0.3 is 5.73 Å². The molecule has 2 saturated heterocycles. The van der Waals surface area contributed by atoms with Crippen LogP contribution in [-0.4, -0.2) is 54.1 Å². The zero-order valence-corrected chi connectivity index (χ0v) is 11.7. The molecule has 0 aromatic heterocycles. The number of nitrogens with two attached hydrogens (primary N) is 1. The van der Waals surface area contributed by atoms with Crippen LogP contribution in [0.2, 0.25) is 0 Å². The van der Waals surface area contributed by atoms with E-state index < -0.39 is 0 Å². The minimum Gasteiger partial charge on any atom is -0.326 e. The Labute approximate surface area is 112 Å². The molecule has 0 aromatic rings. The van der Waals surface area contributed by atoms with E-state index in [1.54, 1.807) is 0 Å². The average Bonchev–Trinajstić information content (AvgIpc) is 2.63. The van der Waals surface area contributed by atoms with Crippen molar-refractivity contribution in [3.8, 4) is 0 Å². The van der Waals surface area contributed by atoms with E-state index in [9.17, 15) is 0 Å². The van der Waals surface area contributed by atoms with Gasteiger partial charge in [-0.1, -0.05) is 25.7 Å². The van der Waals surface area contributed by atoms with E-state index in [1.807, 2.05) is 0 Å². The van der Waals surface area contributed by atoms with Crippen LogP contribution in [0.4, 0.5) is 0 Å². The van der Waals surface area contributed by atoms with Gasteiger partial charge in [-0.25, -0.2) is 0 Å². The molecule has 2 aliphatic heterocycles. The summed E-state index contributed by atoms with van der Waals surface area (Å²) in [4.78, 5) is 5.46. The Hall–Kier alpha value is -0.120. The molecule has 3 rings (SSSR count). The molecule has 1 saturated carbocycles. The van der Waals surface area contributed by atoms with Gasteiger partial charge in [0.05, 0.1) is 0 Å². The zero-order valence-electron chi connectivity index (χ0n) is 11.7. The smallest absolute Gasteiger partial charge is 0.0248 e. The summed E-state index contributed by atoms with van der Waals surface area (Å²) < 4.78 is 0. The molecule has 2 heterocycles. The van der Waals surface area contributed by atoms with Crippen LogP contribution in [0.15, 0.2) is 0 Å². The van der Waals surface area contributed by atoms with Crippen molar-refractivity contribution in [3.63, 3.8) is 0 Å². The molecule has 0 spiro atoms. The van der Waals surface area contributed by atoms with Gasteiger partial charge in [0, 0.05) is 37.8 Å². The summed E-state index contributed by atoms with van der Waals surface area (Å²) in [6, 6.07) is 1.95. The Bertz CT molecular complexity index is 268. The number of hydrogen-bond donors (Lipinski definition) is 1. The lowest BCUT2D eigenvalue weighted by Gasteiger charge is -2.47. The van der Waals surface area contributed by atoms with Gasteiger partial charge >= 0.3 is 0 Å². The van der Waals surface area contributed by atoms with Crippen LogP contribution in [0.25, 0.3) is 0 Å². The molecule has 3 fully saturated rings. The Kier molecular flexibility index (Phi) is 4.22. The first kappa shape index (κ1) is 12.9. The van der Waals surface area contributed by atoms with Crippen molar-refractivity contribution in [2.75, 3.05) is 26.2 Å². The quantitative estimate of drug-likeness (QED) is 0.722. The molecule has 104 valence electrons. The predicted octanol–water partition coefficient (Wildman–Crippen LogP) is 1.82. The Balaban J connectivity index is 1.61. The maximum absolute atomic E-state index is 6.42.